The van der Waals surface area contributed by atoms with Crippen molar-refractivity contribution in [2.45, 2.75) is 32.4 Å². The summed E-state index contributed by atoms with van der Waals surface area (Å²) in [6.45, 7) is 4.00. The van der Waals surface area contributed by atoms with Gasteiger partial charge in [0.2, 0.25) is 5.91 Å². The smallest absolute Gasteiger partial charge is 0.326 e. The van der Waals surface area contributed by atoms with Gasteiger partial charge in [-0.1, -0.05) is 0 Å². The predicted molar refractivity (Wildman–Crippen MR) is 56.0 cm³/mol. The van der Waals surface area contributed by atoms with Crippen molar-refractivity contribution in [2.75, 3.05) is 12.5 Å². The monoisotopic (exact) mass is 237 g/mol. The molecule has 0 radical (unpaired) electrons. The van der Waals surface area contributed by atoms with E-state index in [2.05, 4.69) is 5.32 Å². The third kappa shape index (κ3) is 7.16. The van der Waals surface area contributed by atoms with Crippen molar-refractivity contribution in [3.63, 3.8) is 0 Å². The number of rotatable bonds is 7. The van der Waals surface area contributed by atoms with E-state index in [0.717, 1.165) is 0 Å². The van der Waals surface area contributed by atoms with Crippen LogP contribution in [0.2, 0.25) is 0 Å². The Kier molecular flexibility index (Phi) is 7.07. The number of ether oxygens (including phenoxy) is 1. The topological polar surface area (TPSA) is 75.6 Å². The number of carbonyl (C=O) groups is 2. The van der Waals surface area contributed by atoms with Crippen LogP contribution in [0.4, 0.5) is 0 Å². The molecule has 0 aromatic heterocycles. The Morgan fingerprint density at radius 2 is 2.07 bits per heavy atom. The Hall–Kier alpha value is -0.810. The van der Waals surface area contributed by atoms with Crippen LogP contribution < -0.4 is 5.32 Å². The van der Waals surface area contributed by atoms with Crippen molar-refractivity contribution in [3.05, 3.63) is 0 Å². The average molecular weight is 238 g/mol. The predicted octanol–water partition coefficient (Wildman–Crippen LogP) is 0.610. The third-order valence-electron chi connectivity index (χ3n) is 1.61. The second-order valence-electron chi connectivity index (χ2n) is 3.30. The van der Waals surface area contributed by atoms with Crippen molar-refractivity contribution in [3.8, 4) is 0 Å². The molecule has 0 heterocycles. The SMILES string of the molecule is CC(C)OCC[C@H](NC(=O)CCl)C(=O)O. The summed E-state index contributed by atoms with van der Waals surface area (Å²) >= 11 is 5.25. The van der Waals surface area contributed by atoms with Crippen LogP contribution in [-0.4, -0.2) is 41.6 Å². The molecule has 1 atom stereocenters. The van der Waals surface area contributed by atoms with Crippen LogP contribution in [-0.2, 0) is 14.3 Å². The summed E-state index contributed by atoms with van der Waals surface area (Å²) in [5.41, 5.74) is 0. The number of hydrogen-bond donors (Lipinski definition) is 2. The van der Waals surface area contributed by atoms with Gasteiger partial charge in [-0.15, -0.1) is 11.6 Å². The van der Waals surface area contributed by atoms with Gasteiger partial charge in [0, 0.05) is 13.0 Å². The maximum absolute atomic E-state index is 10.9. The molecule has 1 amide bonds. The molecule has 0 spiro atoms. The van der Waals surface area contributed by atoms with E-state index in [0.29, 0.717) is 0 Å². The van der Waals surface area contributed by atoms with Gasteiger partial charge in [-0.05, 0) is 13.8 Å². The van der Waals surface area contributed by atoms with Gasteiger partial charge in [0.05, 0.1) is 6.10 Å². The Balaban J connectivity index is 3.94. The average Bonchev–Trinajstić information content (AvgIpc) is 2.15. The molecule has 5 nitrogen and oxygen atoms in total. The Morgan fingerprint density at radius 3 is 2.47 bits per heavy atom. The molecule has 0 aliphatic carbocycles. The van der Waals surface area contributed by atoms with E-state index >= 15 is 0 Å². The van der Waals surface area contributed by atoms with Crippen LogP contribution in [0, 0.1) is 0 Å². The number of halogens is 1. The number of carbonyl (C=O) groups excluding carboxylic acids is 1. The van der Waals surface area contributed by atoms with Crippen molar-refractivity contribution in [2.24, 2.45) is 0 Å². The maximum Gasteiger partial charge on any atom is 0.326 e. The fourth-order valence-electron chi connectivity index (χ4n) is 0.912. The molecule has 0 saturated carbocycles. The Morgan fingerprint density at radius 1 is 1.47 bits per heavy atom. The molecule has 0 rings (SSSR count). The lowest BCUT2D eigenvalue weighted by atomic mass is 10.2. The fourth-order valence-corrected chi connectivity index (χ4v) is 0.989. The number of hydrogen-bond acceptors (Lipinski definition) is 3. The number of nitrogens with one attached hydrogen (secondary N) is 1. The quantitative estimate of drug-likeness (QED) is 0.636. The number of alkyl halides is 1. The lowest BCUT2D eigenvalue weighted by Crippen LogP contribution is -2.42. The standard InChI is InChI=1S/C9H16ClNO4/c1-6(2)15-4-3-7(9(13)14)11-8(12)5-10/h6-7H,3-5H2,1-2H3,(H,11,12)(H,13,14)/t7-/m0/s1. The van der Waals surface area contributed by atoms with E-state index in [-0.39, 0.29) is 25.0 Å². The summed E-state index contributed by atoms with van der Waals surface area (Å²) in [4.78, 5) is 21.6. The highest BCUT2D eigenvalue weighted by atomic mass is 35.5. The first kappa shape index (κ1) is 14.2. The second kappa shape index (κ2) is 7.48. The van der Waals surface area contributed by atoms with Gasteiger partial charge >= 0.3 is 5.97 Å². The lowest BCUT2D eigenvalue weighted by molar-refractivity contribution is -0.142. The van der Waals surface area contributed by atoms with Crippen molar-refractivity contribution in [1.29, 1.82) is 0 Å². The lowest BCUT2D eigenvalue weighted by Gasteiger charge is -2.14. The van der Waals surface area contributed by atoms with Gasteiger partial charge in [-0.25, -0.2) is 4.79 Å². The first-order valence-corrected chi connectivity index (χ1v) is 5.20. The summed E-state index contributed by atoms with van der Waals surface area (Å²) in [5.74, 6) is -1.82. The van der Waals surface area contributed by atoms with E-state index in [1.54, 1.807) is 0 Å². The third-order valence-corrected chi connectivity index (χ3v) is 1.86. The van der Waals surface area contributed by atoms with Gasteiger partial charge in [0.15, 0.2) is 0 Å². The van der Waals surface area contributed by atoms with Gasteiger partial charge < -0.3 is 15.2 Å². The van der Waals surface area contributed by atoms with Crippen LogP contribution >= 0.6 is 11.6 Å². The first-order valence-electron chi connectivity index (χ1n) is 4.67. The molecule has 0 bridgehead atoms. The number of aliphatic carboxylic acids is 1. The van der Waals surface area contributed by atoms with E-state index < -0.39 is 17.9 Å². The number of carboxylic acids is 1. The highest BCUT2D eigenvalue weighted by Crippen LogP contribution is 1.97. The highest BCUT2D eigenvalue weighted by Gasteiger charge is 2.19. The van der Waals surface area contributed by atoms with Crippen molar-refractivity contribution >= 4 is 23.5 Å². The van der Waals surface area contributed by atoms with Crippen LogP contribution in [0.5, 0.6) is 0 Å². The highest BCUT2D eigenvalue weighted by molar-refractivity contribution is 6.27. The maximum atomic E-state index is 10.9. The minimum absolute atomic E-state index is 0.0446. The molecule has 0 fully saturated rings. The van der Waals surface area contributed by atoms with Crippen LogP contribution in [0.15, 0.2) is 0 Å². The summed E-state index contributed by atoms with van der Waals surface area (Å²) in [5, 5.41) is 11.1. The normalized spacial score (nSPS) is 12.5. The van der Waals surface area contributed by atoms with E-state index in [9.17, 15) is 9.59 Å². The fraction of sp³-hybridized carbons (Fsp3) is 0.778. The van der Waals surface area contributed by atoms with Crippen LogP contribution in [0.1, 0.15) is 20.3 Å². The zero-order valence-electron chi connectivity index (χ0n) is 8.83. The molecule has 6 heteroatoms. The minimum Gasteiger partial charge on any atom is -0.480 e. The molecule has 0 aliphatic rings. The van der Waals surface area contributed by atoms with Gasteiger partial charge in [0.1, 0.15) is 11.9 Å². The molecule has 15 heavy (non-hydrogen) atoms. The number of amides is 1. The Labute approximate surface area is 93.7 Å². The molecular weight excluding hydrogens is 222 g/mol. The van der Waals surface area contributed by atoms with E-state index in [1.807, 2.05) is 13.8 Å². The zero-order valence-corrected chi connectivity index (χ0v) is 9.58. The molecule has 0 aromatic rings. The summed E-state index contributed by atoms with van der Waals surface area (Å²) < 4.78 is 5.19. The van der Waals surface area contributed by atoms with Crippen molar-refractivity contribution in [1.82, 2.24) is 5.32 Å². The summed E-state index contributed by atoms with van der Waals surface area (Å²) in [6.07, 6.45) is 0.277. The molecule has 88 valence electrons. The van der Waals surface area contributed by atoms with Crippen LogP contribution in [0.3, 0.4) is 0 Å². The summed E-state index contributed by atoms with van der Waals surface area (Å²) in [6, 6.07) is -0.935. The molecular formula is C9H16ClNO4. The molecule has 0 unspecified atom stereocenters. The first-order chi connectivity index (χ1) is 6.97. The second-order valence-corrected chi connectivity index (χ2v) is 3.57. The number of carboxylic acid groups (broad SMARTS) is 1. The van der Waals surface area contributed by atoms with Gasteiger partial charge in [0.25, 0.3) is 0 Å². The summed E-state index contributed by atoms with van der Waals surface area (Å²) in [7, 11) is 0. The minimum atomic E-state index is -1.08. The molecule has 0 saturated heterocycles. The van der Waals surface area contributed by atoms with Gasteiger partial charge in [-0.2, -0.15) is 0 Å². The molecule has 0 aliphatic heterocycles. The van der Waals surface area contributed by atoms with E-state index in [4.69, 9.17) is 21.4 Å². The zero-order chi connectivity index (χ0) is 11.8. The van der Waals surface area contributed by atoms with Crippen molar-refractivity contribution < 1.29 is 19.4 Å². The van der Waals surface area contributed by atoms with Crippen LogP contribution in [0.25, 0.3) is 0 Å². The molecule has 2 N–H and O–H groups in total. The Bertz CT molecular complexity index is 220. The molecule has 0 aromatic carbocycles. The van der Waals surface area contributed by atoms with Gasteiger partial charge in [-0.3, -0.25) is 4.79 Å². The van der Waals surface area contributed by atoms with E-state index in [1.165, 1.54) is 0 Å². The largest absolute Gasteiger partial charge is 0.480 e.